The van der Waals surface area contributed by atoms with Crippen molar-refractivity contribution in [2.75, 3.05) is 13.2 Å². The minimum Gasteiger partial charge on any atom is -0.394 e. The second-order valence-electron chi connectivity index (χ2n) is 3.75. The summed E-state index contributed by atoms with van der Waals surface area (Å²) in [6, 6.07) is 0. The molecule has 0 saturated carbocycles. The summed E-state index contributed by atoms with van der Waals surface area (Å²) < 4.78 is 0. The lowest BCUT2D eigenvalue weighted by molar-refractivity contribution is -0.0956. The van der Waals surface area contributed by atoms with Crippen LogP contribution in [0.2, 0.25) is 0 Å². The molecule has 0 rings (SSSR count). The standard InChI is InChI=1S/C8H20N2O3/c1-6(12)10(7(2)13)4-8(3,9)5-11/h6-7,11-13H,4-5,9H2,1-3H3. The van der Waals surface area contributed by atoms with Gasteiger partial charge in [0.1, 0.15) is 12.5 Å². The molecule has 0 heterocycles. The highest BCUT2D eigenvalue weighted by molar-refractivity contribution is 4.82. The van der Waals surface area contributed by atoms with Crippen LogP contribution in [0.15, 0.2) is 0 Å². The molecular formula is C8H20N2O3. The fourth-order valence-electron chi connectivity index (χ4n) is 1.04. The predicted octanol–water partition coefficient (Wildman–Crippen LogP) is -1.33. The second kappa shape index (κ2) is 4.88. The van der Waals surface area contributed by atoms with Crippen LogP contribution in [-0.2, 0) is 0 Å². The molecule has 0 aliphatic heterocycles. The van der Waals surface area contributed by atoms with Crippen molar-refractivity contribution < 1.29 is 15.3 Å². The van der Waals surface area contributed by atoms with E-state index < -0.39 is 18.0 Å². The molecule has 0 spiro atoms. The van der Waals surface area contributed by atoms with Crippen molar-refractivity contribution in [2.45, 2.75) is 38.8 Å². The Morgan fingerprint density at radius 2 is 1.69 bits per heavy atom. The van der Waals surface area contributed by atoms with E-state index in [-0.39, 0.29) is 13.2 Å². The Hall–Kier alpha value is -0.200. The number of aliphatic hydroxyl groups is 3. The van der Waals surface area contributed by atoms with E-state index in [2.05, 4.69) is 0 Å². The quantitative estimate of drug-likeness (QED) is 0.405. The van der Waals surface area contributed by atoms with Gasteiger partial charge in [-0.3, -0.25) is 4.90 Å². The molecule has 0 aromatic rings. The van der Waals surface area contributed by atoms with Gasteiger partial charge in [-0.25, -0.2) is 0 Å². The smallest absolute Gasteiger partial charge is 0.106 e. The minimum absolute atomic E-state index is 0.192. The average molecular weight is 192 g/mol. The van der Waals surface area contributed by atoms with Crippen LogP contribution in [-0.4, -0.2) is 51.4 Å². The number of nitrogens with zero attached hydrogens (tertiary/aromatic N) is 1. The fourth-order valence-corrected chi connectivity index (χ4v) is 1.04. The number of rotatable bonds is 5. The first kappa shape index (κ1) is 12.8. The summed E-state index contributed by atoms with van der Waals surface area (Å²) >= 11 is 0. The molecule has 5 N–H and O–H groups in total. The molecule has 0 aliphatic rings. The molecule has 5 heteroatoms. The Morgan fingerprint density at radius 3 is 1.92 bits per heavy atom. The SMILES string of the molecule is CC(O)N(CC(C)(N)CO)C(C)O. The van der Waals surface area contributed by atoms with Crippen LogP contribution in [0.1, 0.15) is 20.8 Å². The van der Waals surface area contributed by atoms with Gasteiger partial charge in [0.25, 0.3) is 0 Å². The fraction of sp³-hybridized carbons (Fsp3) is 1.00. The van der Waals surface area contributed by atoms with Crippen molar-refractivity contribution >= 4 is 0 Å². The van der Waals surface area contributed by atoms with Crippen molar-refractivity contribution in [2.24, 2.45) is 5.73 Å². The zero-order chi connectivity index (χ0) is 10.6. The molecule has 0 saturated heterocycles. The molecular weight excluding hydrogens is 172 g/mol. The summed E-state index contributed by atoms with van der Waals surface area (Å²) in [6.07, 6.45) is -1.57. The van der Waals surface area contributed by atoms with E-state index in [4.69, 9.17) is 10.8 Å². The minimum atomic E-state index is -0.812. The van der Waals surface area contributed by atoms with Gasteiger partial charge < -0.3 is 21.1 Å². The van der Waals surface area contributed by atoms with E-state index in [0.717, 1.165) is 0 Å². The summed E-state index contributed by atoms with van der Waals surface area (Å²) in [5.74, 6) is 0. The van der Waals surface area contributed by atoms with Crippen molar-refractivity contribution in [3.8, 4) is 0 Å². The third-order valence-electron chi connectivity index (χ3n) is 1.86. The molecule has 0 amide bonds. The Balaban J connectivity index is 4.26. The summed E-state index contributed by atoms with van der Waals surface area (Å²) in [5.41, 5.74) is 4.87. The highest BCUT2D eigenvalue weighted by Gasteiger charge is 2.26. The summed E-state index contributed by atoms with van der Waals surface area (Å²) in [7, 11) is 0. The van der Waals surface area contributed by atoms with Gasteiger partial charge >= 0.3 is 0 Å². The molecule has 0 aromatic carbocycles. The Morgan fingerprint density at radius 1 is 1.31 bits per heavy atom. The van der Waals surface area contributed by atoms with Crippen LogP contribution < -0.4 is 5.73 Å². The Kier molecular flexibility index (Phi) is 4.80. The maximum atomic E-state index is 9.27. The van der Waals surface area contributed by atoms with Crippen molar-refractivity contribution in [1.29, 1.82) is 0 Å². The molecule has 13 heavy (non-hydrogen) atoms. The summed E-state index contributed by atoms with van der Waals surface area (Å²) in [4.78, 5) is 1.40. The zero-order valence-corrected chi connectivity index (χ0v) is 8.44. The molecule has 0 bridgehead atoms. The largest absolute Gasteiger partial charge is 0.394 e. The van der Waals surface area contributed by atoms with Crippen molar-refractivity contribution in [3.05, 3.63) is 0 Å². The monoisotopic (exact) mass is 192 g/mol. The first-order valence-electron chi connectivity index (χ1n) is 4.32. The molecule has 0 aromatic heterocycles. The van der Waals surface area contributed by atoms with Crippen LogP contribution in [0.25, 0.3) is 0 Å². The van der Waals surface area contributed by atoms with Gasteiger partial charge in [-0.1, -0.05) is 0 Å². The maximum Gasteiger partial charge on any atom is 0.106 e. The van der Waals surface area contributed by atoms with Gasteiger partial charge in [-0.2, -0.15) is 0 Å². The average Bonchev–Trinajstić information content (AvgIpc) is 1.99. The molecule has 0 radical (unpaired) electrons. The first-order valence-corrected chi connectivity index (χ1v) is 4.32. The Labute approximate surface area is 78.8 Å². The van der Waals surface area contributed by atoms with Gasteiger partial charge in [-0.15, -0.1) is 0 Å². The van der Waals surface area contributed by atoms with Gasteiger partial charge in [0.05, 0.1) is 6.61 Å². The molecule has 5 nitrogen and oxygen atoms in total. The molecule has 80 valence electrons. The third-order valence-corrected chi connectivity index (χ3v) is 1.86. The predicted molar refractivity (Wildman–Crippen MR) is 49.7 cm³/mol. The summed E-state index contributed by atoms with van der Waals surface area (Å²) in [6.45, 7) is 4.78. The lowest BCUT2D eigenvalue weighted by Crippen LogP contribution is -2.55. The van der Waals surface area contributed by atoms with Crippen molar-refractivity contribution in [3.63, 3.8) is 0 Å². The second-order valence-corrected chi connectivity index (χ2v) is 3.75. The highest BCUT2D eigenvalue weighted by atomic mass is 16.3. The topological polar surface area (TPSA) is 90.0 Å². The number of hydrogen-bond donors (Lipinski definition) is 4. The molecule has 3 atom stereocenters. The van der Waals surface area contributed by atoms with Gasteiger partial charge in [0.2, 0.25) is 0 Å². The maximum absolute atomic E-state index is 9.27. The summed E-state index contributed by atoms with van der Waals surface area (Å²) in [5, 5.41) is 27.4. The van der Waals surface area contributed by atoms with Crippen LogP contribution in [0, 0.1) is 0 Å². The zero-order valence-electron chi connectivity index (χ0n) is 8.44. The van der Waals surface area contributed by atoms with Crippen LogP contribution in [0.5, 0.6) is 0 Å². The first-order chi connectivity index (χ1) is 5.80. The highest BCUT2D eigenvalue weighted by Crippen LogP contribution is 2.07. The number of nitrogens with two attached hydrogens (primary N) is 1. The van der Waals surface area contributed by atoms with E-state index in [0.29, 0.717) is 0 Å². The van der Waals surface area contributed by atoms with Crippen LogP contribution in [0.3, 0.4) is 0 Å². The van der Waals surface area contributed by atoms with E-state index in [1.165, 1.54) is 4.90 Å². The van der Waals surface area contributed by atoms with E-state index >= 15 is 0 Å². The van der Waals surface area contributed by atoms with Crippen molar-refractivity contribution in [1.82, 2.24) is 4.90 Å². The van der Waals surface area contributed by atoms with E-state index in [9.17, 15) is 10.2 Å². The van der Waals surface area contributed by atoms with E-state index in [1.54, 1.807) is 20.8 Å². The van der Waals surface area contributed by atoms with Gasteiger partial charge in [0.15, 0.2) is 0 Å². The lowest BCUT2D eigenvalue weighted by Gasteiger charge is -2.34. The molecule has 3 unspecified atom stereocenters. The van der Waals surface area contributed by atoms with Gasteiger partial charge in [-0.05, 0) is 20.8 Å². The van der Waals surface area contributed by atoms with Crippen LogP contribution in [0.4, 0.5) is 0 Å². The Bertz CT molecular complexity index is 140. The molecule has 0 aliphatic carbocycles. The number of aliphatic hydroxyl groups excluding tert-OH is 3. The third kappa shape index (κ3) is 4.54. The van der Waals surface area contributed by atoms with Gasteiger partial charge in [0, 0.05) is 12.1 Å². The normalized spacial score (nSPS) is 21.2. The molecule has 0 fully saturated rings. The lowest BCUT2D eigenvalue weighted by atomic mass is 10.0. The van der Waals surface area contributed by atoms with E-state index in [1.807, 2.05) is 0 Å². The van der Waals surface area contributed by atoms with Crippen LogP contribution >= 0.6 is 0 Å². The number of hydrogen-bond acceptors (Lipinski definition) is 5.